The minimum absolute atomic E-state index is 0.0177. The molecule has 2 fully saturated rings. The predicted molar refractivity (Wildman–Crippen MR) is 152 cm³/mol. The van der Waals surface area contributed by atoms with Crippen LogP contribution in [0.4, 0.5) is 15.9 Å². The average Bonchev–Trinajstić information content (AvgIpc) is 3.18. The summed E-state index contributed by atoms with van der Waals surface area (Å²) in [5.41, 5.74) is 2.59. The van der Waals surface area contributed by atoms with Crippen LogP contribution in [0.3, 0.4) is 0 Å². The molecule has 1 atom stereocenters. The molecule has 3 aromatic rings. The van der Waals surface area contributed by atoms with Crippen LogP contribution in [0.15, 0.2) is 52.3 Å². The normalized spacial score (nSPS) is 18.4. The van der Waals surface area contributed by atoms with E-state index in [-0.39, 0.29) is 23.3 Å². The second-order valence-electron chi connectivity index (χ2n) is 9.30. The molecule has 37 heavy (non-hydrogen) atoms. The molecule has 2 aliphatic rings. The summed E-state index contributed by atoms with van der Waals surface area (Å²) in [6.45, 7) is 8.54. The van der Waals surface area contributed by atoms with Crippen LogP contribution in [0, 0.1) is 12.7 Å². The number of aryl methyl sites for hydroxylation is 1. The zero-order valence-electron chi connectivity index (χ0n) is 21.0. The minimum atomic E-state index is -0.262. The van der Waals surface area contributed by atoms with E-state index in [4.69, 9.17) is 17.2 Å². The number of aromatic nitrogens is 2. The molecule has 0 radical (unpaired) electrons. The van der Waals surface area contributed by atoms with Crippen molar-refractivity contribution in [2.45, 2.75) is 33.2 Å². The van der Waals surface area contributed by atoms with Gasteiger partial charge in [-0.3, -0.25) is 18.9 Å². The average molecular weight is 538 g/mol. The summed E-state index contributed by atoms with van der Waals surface area (Å²) in [6, 6.07) is 10.2. The van der Waals surface area contributed by atoms with E-state index >= 15 is 0 Å². The zero-order valence-corrected chi connectivity index (χ0v) is 22.6. The lowest BCUT2D eigenvalue weighted by Crippen LogP contribution is -2.47. The van der Waals surface area contributed by atoms with Crippen molar-refractivity contribution in [2.24, 2.45) is 0 Å². The van der Waals surface area contributed by atoms with E-state index in [1.807, 2.05) is 32.9 Å². The standard InChI is InChI=1S/C27H28FN5O2S2/c1-4-18(3)33-26(35)22(37-27(33)36)16-21-24(29-23-17(2)6-5-11-32(23)25(21)34)31-14-12-30(13-15-31)20-9-7-19(28)8-10-20/h5-11,16,18H,4,12-15H2,1-3H3/b22-16+/t18-/m0/s1. The van der Waals surface area contributed by atoms with Crippen molar-refractivity contribution in [2.75, 3.05) is 36.0 Å². The number of piperazine rings is 1. The number of hydrogen-bond acceptors (Lipinski definition) is 7. The van der Waals surface area contributed by atoms with Gasteiger partial charge in [0.1, 0.15) is 21.6 Å². The molecule has 0 saturated carbocycles. The van der Waals surface area contributed by atoms with Gasteiger partial charge in [0.25, 0.3) is 11.5 Å². The molecule has 1 aromatic carbocycles. The zero-order chi connectivity index (χ0) is 26.3. The highest BCUT2D eigenvalue weighted by Gasteiger charge is 2.35. The van der Waals surface area contributed by atoms with E-state index in [1.165, 1.54) is 28.3 Å². The molecular weight excluding hydrogens is 509 g/mol. The smallest absolute Gasteiger partial charge is 0.267 e. The number of anilines is 2. The number of hydrogen-bond donors (Lipinski definition) is 0. The van der Waals surface area contributed by atoms with Gasteiger partial charge in [-0.15, -0.1) is 0 Å². The van der Waals surface area contributed by atoms with Gasteiger partial charge in [0.05, 0.1) is 10.5 Å². The Labute approximate surface area is 224 Å². The Hall–Kier alpha value is -3.24. The van der Waals surface area contributed by atoms with Gasteiger partial charge < -0.3 is 9.80 Å². The molecule has 2 saturated heterocycles. The van der Waals surface area contributed by atoms with Crippen LogP contribution in [-0.2, 0) is 4.79 Å². The number of nitrogens with zero attached hydrogens (tertiary/aromatic N) is 5. The second-order valence-corrected chi connectivity index (χ2v) is 11.0. The third-order valence-corrected chi connectivity index (χ3v) is 8.30. The van der Waals surface area contributed by atoms with Crippen molar-refractivity contribution in [1.82, 2.24) is 14.3 Å². The Bertz CT molecular complexity index is 1460. The number of thioether (sulfide) groups is 1. The Balaban J connectivity index is 1.54. The second kappa shape index (κ2) is 10.3. The fraction of sp³-hybridized carbons (Fsp3) is 0.333. The van der Waals surface area contributed by atoms with Gasteiger partial charge in [-0.1, -0.05) is 37.0 Å². The van der Waals surface area contributed by atoms with E-state index in [0.717, 1.165) is 17.7 Å². The first-order valence-electron chi connectivity index (χ1n) is 12.3. The summed E-state index contributed by atoms with van der Waals surface area (Å²) in [5.74, 6) is 0.124. The number of fused-ring (bicyclic) bond motifs is 1. The highest BCUT2D eigenvalue weighted by Crippen LogP contribution is 2.35. The lowest BCUT2D eigenvalue weighted by Gasteiger charge is -2.37. The van der Waals surface area contributed by atoms with E-state index in [0.29, 0.717) is 52.4 Å². The van der Waals surface area contributed by atoms with E-state index in [2.05, 4.69) is 9.80 Å². The number of pyridine rings is 1. The quantitative estimate of drug-likeness (QED) is 0.352. The lowest BCUT2D eigenvalue weighted by atomic mass is 10.2. The van der Waals surface area contributed by atoms with Crippen molar-refractivity contribution in [3.63, 3.8) is 0 Å². The molecule has 0 bridgehead atoms. The molecule has 2 aliphatic heterocycles. The summed E-state index contributed by atoms with van der Waals surface area (Å²) in [7, 11) is 0. The molecule has 5 rings (SSSR count). The topological polar surface area (TPSA) is 61.2 Å². The third kappa shape index (κ3) is 4.75. The monoisotopic (exact) mass is 537 g/mol. The fourth-order valence-electron chi connectivity index (χ4n) is 4.67. The first-order chi connectivity index (χ1) is 17.8. The molecule has 4 heterocycles. The van der Waals surface area contributed by atoms with Crippen LogP contribution in [-0.4, -0.2) is 56.7 Å². The molecule has 0 spiro atoms. The molecule has 10 heteroatoms. The van der Waals surface area contributed by atoms with Gasteiger partial charge in [0, 0.05) is 44.1 Å². The number of halogens is 1. The van der Waals surface area contributed by atoms with Crippen LogP contribution < -0.4 is 15.4 Å². The summed E-state index contributed by atoms with van der Waals surface area (Å²) >= 11 is 6.72. The molecular formula is C27H28FN5O2S2. The number of carbonyl (C=O) groups excluding carboxylic acids is 1. The summed E-state index contributed by atoms with van der Waals surface area (Å²) in [6.07, 6.45) is 4.14. The number of carbonyl (C=O) groups is 1. The minimum Gasteiger partial charge on any atom is -0.368 e. The van der Waals surface area contributed by atoms with Crippen LogP contribution in [0.2, 0.25) is 0 Å². The first-order valence-corrected chi connectivity index (χ1v) is 13.6. The van der Waals surface area contributed by atoms with Crippen molar-refractivity contribution in [1.29, 1.82) is 0 Å². The van der Waals surface area contributed by atoms with Crippen LogP contribution in [0.25, 0.3) is 11.7 Å². The Morgan fingerprint density at radius 1 is 1.11 bits per heavy atom. The van der Waals surface area contributed by atoms with Crippen molar-refractivity contribution >= 4 is 57.4 Å². The largest absolute Gasteiger partial charge is 0.368 e. The fourth-order valence-corrected chi connectivity index (χ4v) is 6.11. The Kier molecular flexibility index (Phi) is 7.04. The van der Waals surface area contributed by atoms with Gasteiger partial charge in [0.15, 0.2) is 0 Å². The van der Waals surface area contributed by atoms with Gasteiger partial charge in [-0.05, 0) is 62.2 Å². The third-order valence-electron chi connectivity index (χ3n) is 6.97. The van der Waals surface area contributed by atoms with Gasteiger partial charge in [0.2, 0.25) is 0 Å². The molecule has 2 aromatic heterocycles. The summed E-state index contributed by atoms with van der Waals surface area (Å²) in [4.78, 5) is 38.3. The lowest BCUT2D eigenvalue weighted by molar-refractivity contribution is -0.123. The molecule has 0 N–H and O–H groups in total. The molecule has 7 nitrogen and oxygen atoms in total. The van der Waals surface area contributed by atoms with E-state index < -0.39 is 0 Å². The maximum Gasteiger partial charge on any atom is 0.267 e. The number of rotatable bonds is 5. The molecule has 0 aliphatic carbocycles. The molecule has 1 amide bonds. The number of benzene rings is 1. The predicted octanol–water partition coefficient (Wildman–Crippen LogP) is 4.47. The molecule has 0 unspecified atom stereocenters. The summed E-state index contributed by atoms with van der Waals surface area (Å²) in [5, 5.41) is 0. The van der Waals surface area contributed by atoms with Crippen LogP contribution >= 0.6 is 24.0 Å². The summed E-state index contributed by atoms with van der Waals surface area (Å²) < 4.78 is 15.4. The SMILES string of the molecule is CC[C@H](C)N1C(=O)/C(=C\c2c(N3CCN(c4ccc(F)cc4)CC3)nc3c(C)cccn3c2=O)SC1=S. The van der Waals surface area contributed by atoms with Crippen LogP contribution in [0.1, 0.15) is 31.4 Å². The first kappa shape index (κ1) is 25.4. The van der Waals surface area contributed by atoms with Crippen LogP contribution in [0.5, 0.6) is 0 Å². The van der Waals surface area contributed by atoms with Crippen molar-refractivity contribution < 1.29 is 9.18 Å². The molecule has 192 valence electrons. The van der Waals surface area contributed by atoms with Gasteiger partial charge >= 0.3 is 0 Å². The Morgan fingerprint density at radius 3 is 2.46 bits per heavy atom. The van der Waals surface area contributed by atoms with E-state index in [9.17, 15) is 14.0 Å². The van der Waals surface area contributed by atoms with E-state index in [1.54, 1.807) is 29.3 Å². The van der Waals surface area contributed by atoms with Gasteiger partial charge in [-0.2, -0.15) is 0 Å². The van der Waals surface area contributed by atoms with Crippen molar-refractivity contribution in [3.05, 3.63) is 74.8 Å². The highest BCUT2D eigenvalue weighted by atomic mass is 32.2. The highest BCUT2D eigenvalue weighted by molar-refractivity contribution is 8.26. The maximum absolute atomic E-state index is 13.7. The Morgan fingerprint density at radius 2 is 1.78 bits per heavy atom. The maximum atomic E-state index is 13.7. The van der Waals surface area contributed by atoms with Gasteiger partial charge in [-0.25, -0.2) is 9.37 Å². The van der Waals surface area contributed by atoms with Crippen molar-refractivity contribution in [3.8, 4) is 0 Å². The number of amides is 1. The number of thiocarbonyl (C=S) groups is 1.